The number of carbonyl (C=O) groups excluding carboxylic acids is 2. The number of imide groups is 1. The van der Waals surface area contributed by atoms with Gasteiger partial charge in [-0.15, -0.1) is 0 Å². The van der Waals surface area contributed by atoms with E-state index in [1.54, 1.807) is 30.3 Å². The normalized spacial score (nSPS) is 15.1. The molecule has 3 rings (SSSR count). The monoisotopic (exact) mass is 481 g/mol. The van der Waals surface area contributed by atoms with Crippen LogP contribution in [0.3, 0.4) is 0 Å². The molecule has 31 heavy (non-hydrogen) atoms. The van der Waals surface area contributed by atoms with Crippen molar-refractivity contribution in [2.24, 2.45) is 0 Å². The molecule has 1 fully saturated rings. The summed E-state index contributed by atoms with van der Waals surface area (Å²) in [6.07, 6.45) is 1.55. The highest BCUT2D eigenvalue weighted by Crippen LogP contribution is 2.37. The Morgan fingerprint density at radius 1 is 1.16 bits per heavy atom. The van der Waals surface area contributed by atoms with Gasteiger partial charge in [0.15, 0.2) is 5.75 Å². The standard InChI is InChI=1S/C21H17Cl2NO6S/c1-29-7-6-24-19(25)17(31-21(24)28)10-13-8-15(22)18(16(23)9-13)30-11-12-2-4-14(5-3-12)20(26)27/h2-5,8-10H,6-7,11H2,1H3,(H,26,27)/b17-10+. The largest absolute Gasteiger partial charge is 0.486 e. The summed E-state index contributed by atoms with van der Waals surface area (Å²) in [5.41, 5.74) is 1.46. The van der Waals surface area contributed by atoms with E-state index in [-0.39, 0.29) is 51.3 Å². The second-order valence-electron chi connectivity index (χ2n) is 6.43. The van der Waals surface area contributed by atoms with Gasteiger partial charge in [-0.05, 0) is 53.2 Å². The Morgan fingerprint density at radius 2 is 1.81 bits per heavy atom. The summed E-state index contributed by atoms with van der Waals surface area (Å²) < 4.78 is 10.6. The lowest BCUT2D eigenvalue weighted by Crippen LogP contribution is -2.31. The maximum atomic E-state index is 12.4. The van der Waals surface area contributed by atoms with Crippen LogP contribution in [0.1, 0.15) is 21.5 Å². The number of hydrogen-bond donors (Lipinski definition) is 1. The van der Waals surface area contributed by atoms with Crippen LogP contribution in [-0.4, -0.2) is 47.4 Å². The molecule has 0 radical (unpaired) electrons. The zero-order valence-corrected chi connectivity index (χ0v) is 18.6. The molecule has 0 aliphatic carbocycles. The van der Waals surface area contributed by atoms with Crippen molar-refractivity contribution in [1.82, 2.24) is 4.90 Å². The van der Waals surface area contributed by atoms with Crippen LogP contribution in [0.4, 0.5) is 4.79 Å². The molecule has 162 valence electrons. The summed E-state index contributed by atoms with van der Waals surface area (Å²) in [5, 5.41) is 9.06. The predicted molar refractivity (Wildman–Crippen MR) is 119 cm³/mol. The number of benzene rings is 2. The third-order valence-electron chi connectivity index (χ3n) is 4.30. The summed E-state index contributed by atoms with van der Waals surface area (Å²) in [4.78, 5) is 36.8. The van der Waals surface area contributed by atoms with Crippen molar-refractivity contribution in [2.45, 2.75) is 6.61 Å². The molecule has 0 saturated carbocycles. The highest BCUT2D eigenvalue weighted by Gasteiger charge is 2.34. The van der Waals surface area contributed by atoms with E-state index in [1.165, 1.54) is 19.2 Å². The number of thioether (sulfide) groups is 1. The SMILES string of the molecule is COCCN1C(=O)S/C(=C/c2cc(Cl)c(OCc3ccc(C(=O)O)cc3)c(Cl)c2)C1=O. The lowest BCUT2D eigenvalue weighted by molar-refractivity contribution is -0.123. The first-order chi connectivity index (χ1) is 14.8. The van der Waals surface area contributed by atoms with E-state index in [9.17, 15) is 14.4 Å². The van der Waals surface area contributed by atoms with E-state index >= 15 is 0 Å². The van der Waals surface area contributed by atoms with Gasteiger partial charge in [0.25, 0.3) is 11.1 Å². The van der Waals surface area contributed by atoms with Gasteiger partial charge >= 0.3 is 5.97 Å². The number of aromatic carboxylic acids is 1. The molecule has 0 unspecified atom stereocenters. The third kappa shape index (κ3) is 5.59. The fourth-order valence-corrected chi connectivity index (χ4v) is 4.20. The number of ether oxygens (including phenoxy) is 2. The average molecular weight is 482 g/mol. The smallest absolute Gasteiger partial charge is 0.335 e. The van der Waals surface area contributed by atoms with Crippen molar-refractivity contribution in [3.8, 4) is 5.75 Å². The van der Waals surface area contributed by atoms with Gasteiger partial charge in [0.1, 0.15) is 6.61 Å². The topological polar surface area (TPSA) is 93.1 Å². The fraction of sp³-hybridized carbons (Fsp3) is 0.190. The van der Waals surface area contributed by atoms with E-state index in [4.69, 9.17) is 37.8 Å². The number of amides is 2. The van der Waals surface area contributed by atoms with E-state index in [2.05, 4.69) is 0 Å². The molecule has 0 spiro atoms. The Labute approximate surface area is 192 Å². The van der Waals surface area contributed by atoms with Crippen molar-refractivity contribution in [3.63, 3.8) is 0 Å². The molecular weight excluding hydrogens is 465 g/mol. The molecule has 7 nitrogen and oxygen atoms in total. The quantitative estimate of drug-likeness (QED) is 0.532. The maximum Gasteiger partial charge on any atom is 0.335 e. The Hall–Kier alpha value is -2.52. The molecule has 2 amide bonds. The van der Waals surface area contributed by atoms with Gasteiger partial charge in [0, 0.05) is 7.11 Å². The van der Waals surface area contributed by atoms with Crippen molar-refractivity contribution < 1.29 is 29.0 Å². The first-order valence-corrected chi connectivity index (χ1v) is 10.6. The van der Waals surface area contributed by atoms with Crippen molar-refractivity contribution >= 4 is 58.2 Å². The average Bonchev–Trinajstić information content (AvgIpc) is 2.98. The Kier molecular flexibility index (Phi) is 7.61. The Bertz CT molecular complexity index is 1030. The van der Waals surface area contributed by atoms with Crippen LogP contribution in [0.25, 0.3) is 6.08 Å². The molecule has 1 aliphatic rings. The first kappa shape index (κ1) is 23.1. The van der Waals surface area contributed by atoms with E-state index in [0.717, 1.165) is 22.2 Å². The number of hydrogen-bond acceptors (Lipinski definition) is 6. The minimum atomic E-state index is -1.01. The van der Waals surface area contributed by atoms with Crippen molar-refractivity contribution in [1.29, 1.82) is 0 Å². The number of nitrogens with zero attached hydrogens (tertiary/aromatic N) is 1. The molecule has 0 atom stereocenters. The van der Waals surface area contributed by atoms with Gasteiger partial charge in [0.05, 0.1) is 33.7 Å². The maximum absolute atomic E-state index is 12.4. The molecule has 1 aliphatic heterocycles. The summed E-state index contributed by atoms with van der Waals surface area (Å²) >= 11 is 13.5. The highest BCUT2D eigenvalue weighted by molar-refractivity contribution is 8.18. The van der Waals surface area contributed by atoms with Gasteiger partial charge in [-0.25, -0.2) is 4.79 Å². The minimum Gasteiger partial charge on any atom is -0.486 e. The van der Waals surface area contributed by atoms with Gasteiger partial charge < -0.3 is 14.6 Å². The predicted octanol–water partition coefficient (Wildman–Crippen LogP) is 4.95. The lowest BCUT2D eigenvalue weighted by Gasteiger charge is -2.12. The molecule has 0 aromatic heterocycles. The van der Waals surface area contributed by atoms with Gasteiger partial charge in [0.2, 0.25) is 0 Å². The van der Waals surface area contributed by atoms with E-state index < -0.39 is 11.9 Å². The number of methoxy groups -OCH3 is 1. The molecule has 2 aromatic rings. The molecule has 2 aromatic carbocycles. The first-order valence-electron chi connectivity index (χ1n) is 8.98. The third-order valence-corrected chi connectivity index (χ3v) is 5.76. The van der Waals surface area contributed by atoms with Gasteiger partial charge in [-0.3, -0.25) is 14.5 Å². The Balaban J connectivity index is 1.73. The number of carboxylic acid groups (broad SMARTS) is 1. The molecule has 0 bridgehead atoms. The lowest BCUT2D eigenvalue weighted by atomic mass is 10.1. The van der Waals surface area contributed by atoms with Crippen LogP contribution in [-0.2, 0) is 16.1 Å². The summed E-state index contributed by atoms with van der Waals surface area (Å²) in [6.45, 7) is 0.575. The van der Waals surface area contributed by atoms with Crippen LogP contribution in [0.15, 0.2) is 41.3 Å². The number of halogens is 2. The fourth-order valence-electron chi connectivity index (χ4n) is 2.73. The Morgan fingerprint density at radius 3 is 2.39 bits per heavy atom. The number of carboxylic acids is 1. The van der Waals surface area contributed by atoms with Crippen LogP contribution >= 0.6 is 35.0 Å². The number of carbonyl (C=O) groups is 3. The van der Waals surface area contributed by atoms with Crippen molar-refractivity contribution in [2.75, 3.05) is 20.3 Å². The minimum absolute atomic E-state index is 0.136. The zero-order chi connectivity index (χ0) is 22.5. The molecular formula is C21H17Cl2NO6S. The van der Waals surface area contributed by atoms with Gasteiger partial charge in [-0.2, -0.15) is 0 Å². The summed E-state index contributed by atoms with van der Waals surface area (Å²) in [7, 11) is 1.49. The van der Waals surface area contributed by atoms with E-state index in [1.807, 2.05) is 0 Å². The van der Waals surface area contributed by atoms with E-state index in [0.29, 0.717) is 5.56 Å². The summed E-state index contributed by atoms with van der Waals surface area (Å²) in [5.74, 6) is -1.15. The zero-order valence-electron chi connectivity index (χ0n) is 16.3. The molecule has 1 N–H and O–H groups in total. The van der Waals surface area contributed by atoms with Crippen LogP contribution in [0, 0.1) is 0 Å². The molecule has 1 saturated heterocycles. The van der Waals surface area contributed by atoms with Gasteiger partial charge in [-0.1, -0.05) is 35.3 Å². The van der Waals surface area contributed by atoms with Crippen LogP contribution in [0.2, 0.25) is 10.0 Å². The second kappa shape index (κ2) is 10.2. The molecule has 10 heteroatoms. The van der Waals surface area contributed by atoms with Crippen LogP contribution in [0.5, 0.6) is 5.75 Å². The number of rotatable bonds is 8. The molecule has 1 heterocycles. The summed E-state index contributed by atoms with van der Waals surface area (Å²) in [6, 6.07) is 9.40. The highest BCUT2D eigenvalue weighted by atomic mass is 35.5. The van der Waals surface area contributed by atoms with Crippen LogP contribution < -0.4 is 4.74 Å². The second-order valence-corrected chi connectivity index (χ2v) is 8.24. The van der Waals surface area contributed by atoms with Crippen molar-refractivity contribution in [3.05, 3.63) is 68.0 Å².